The second-order valence-corrected chi connectivity index (χ2v) is 3.78. The van der Waals surface area contributed by atoms with Crippen molar-refractivity contribution in [2.75, 3.05) is 7.11 Å². The molecule has 0 atom stereocenters. The van der Waals surface area contributed by atoms with Crippen LogP contribution in [0.4, 0.5) is 4.79 Å². The number of para-hydroxylation sites is 2. The van der Waals surface area contributed by atoms with Gasteiger partial charge in [-0.05, 0) is 19.1 Å². The SMILES string of the molecule is COC(=O)NN=C(C)c1nc2ccccc2n1C. The highest BCUT2D eigenvalue weighted by atomic mass is 16.5. The van der Waals surface area contributed by atoms with Gasteiger partial charge >= 0.3 is 6.09 Å². The number of aromatic nitrogens is 2. The van der Waals surface area contributed by atoms with E-state index in [1.807, 2.05) is 35.9 Å². The smallest absolute Gasteiger partial charge is 0.427 e. The van der Waals surface area contributed by atoms with Crippen LogP contribution in [0.15, 0.2) is 29.4 Å². The van der Waals surface area contributed by atoms with E-state index in [2.05, 4.69) is 20.2 Å². The van der Waals surface area contributed by atoms with Crippen molar-refractivity contribution in [1.29, 1.82) is 0 Å². The molecule has 0 aliphatic carbocycles. The van der Waals surface area contributed by atoms with Crippen molar-refractivity contribution in [1.82, 2.24) is 15.0 Å². The quantitative estimate of drug-likeness (QED) is 0.647. The summed E-state index contributed by atoms with van der Waals surface area (Å²) < 4.78 is 6.37. The molecule has 0 unspecified atom stereocenters. The van der Waals surface area contributed by atoms with Crippen molar-refractivity contribution in [3.8, 4) is 0 Å². The molecule has 6 nitrogen and oxygen atoms in total. The summed E-state index contributed by atoms with van der Waals surface area (Å²) in [5.74, 6) is 0.701. The van der Waals surface area contributed by atoms with Crippen molar-refractivity contribution < 1.29 is 9.53 Å². The second kappa shape index (κ2) is 4.87. The fourth-order valence-corrected chi connectivity index (χ4v) is 1.69. The first-order valence-corrected chi connectivity index (χ1v) is 5.43. The van der Waals surface area contributed by atoms with Gasteiger partial charge in [0.2, 0.25) is 0 Å². The molecule has 0 aliphatic heterocycles. The molecule has 0 saturated carbocycles. The van der Waals surface area contributed by atoms with Crippen LogP contribution in [-0.2, 0) is 11.8 Å². The number of aryl methyl sites for hydroxylation is 1. The van der Waals surface area contributed by atoms with Crippen LogP contribution < -0.4 is 5.43 Å². The Bertz CT molecular complexity index is 616. The Balaban J connectivity index is 2.36. The number of hydrogen-bond acceptors (Lipinski definition) is 4. The van der Waals surface area contributed by atoms with Gasteiger partial charge in [0.1, 0.15) is 5.71 Å². The van der Waals surface area contributed by atoms with Crippen LogP contribution in [0.5, 0.6) is 0 Å². The van der Waals surface area contributed by atoms with Gasteiger partial charge in [-0.3, -0.25) is 0 Å². The number of carbonyl (C=O) groups excluding carboxylic acids is 1. The molecule has 18 heavy (non-hydrogen) atoms. The largest absolute Gasteiger partial charge is 0.452 e. The molecule has 94 valence electrons. The van der Waals surface area contributed by atoms with E-state index >= 15 is 0 Å². The zero-order chi connectivity index (χ0) is 13.1. The summed E-state index contributed by atoms with van der Waals surface area (Å²) in [6.07, 6.45) is -0.604. The third-order valence-electron chi connectivity index (χ3n) is 2.61. The Kier molecular flexibility index (Phi) is 3.27. The Morgan fingerprint density at radius 2 is 2.17 bits per heavy atom. The fourth-order valence-electron chi connectivity index (χ4n) is 1.69. The van der Waals surface area contributed by atoms with Crippen LogP contribution in [0.3, 0.4) is 0 Å². The second-order valence-electron chi connectivity index (χ2n) is 3.78. The van der Waals surface area contributed by atoms with Gasteiger partial charge in [0.25, 0.3) is 0 Å². The van der Waals surface area contributed by atoms with Gasteiger partial charge in [0.15, 0.2) is 5.82 Å². The predicted molar refractivity (Wildman–Crippen MR) is 68.5 cm³/mol. The van der Waals surface area contributed by atoms with E-state index in [-0.39, 0.29) is 0 Å². The van der Waals surface area contributed by atoms with E-state index < -0.39 is 6.09 Å². The molecular formula is C12H14N4O2. The van der Waals surface area contributed by atoms with Gasteiger partial charge in [-0.15, -0.1) is 0 Å². The lowest BCUT2D eigenvalue weighted by Gasteiger charge is -2.02. The lowest BCUT2D eigenvalue weighted by atomic mass is 10.3. The van der Waals surface area contributed by atoms with Gasteiger partial charge in [0.05, 0.1) is 18.1 Å². The average Bonchev–Trinajstić information content (AvgIpc) is 2.73. The number of fused-ring (bicyclic) bond motifs is 1. The first-order chi connectivity index (χ1) is 8.63. The number of nitrogens with zero attached hydrogens (tertiary/aromatic N) is 3. The molecule has 1 amide bonds. The Labute approximate surface area is 104 Å². The highest BCUT2D eigenvalue weighted by Gasteiger charge is 2.10. The number of hydrogen-bond donors (Lipinski definition) is 1. The van der Waals surface area contributed by atoms with Crippen LogP contribution in [0, 0.1) is 0 Å². The van der Waals surface area contributed by atoms with E-state index in [0.29, 0.717) is 11.5 Å². The molecule has 1 heterocycles. The molecular weight excluding hydrogens is 232 g/mol. The fraction of sp³-hybridized carbons (Fsp3) is 0.250. The lowest BCUT2D eigenvalue weighted by Crippen LogP contribution is -2.19. The number of benzene rings is 1. The van der Waals surface area contributed by atoms with E-state index in [1.54, 1.807) is 6.92 Å². The van der Waals surface area contributed by atoms with Crippen LogP contribution in [0.1, 0.15) is 12.7 Å². The maximum Gasteiger partial charge on any atom is 0.427 e. The van der Waals surface area contributed by atoms with E-state index in [4.69, 9.17) is 0 Å². The third-order valence-corrected chi connectivity index (χ3v) is 2.61. The Hall–Kier alpha value is -2.37. The first-order valence-electron chi connectivity index (χ1n) is 5.43. The van der Waals surface area contributed by atoms with E-state index in [1.165, 1.54) is 7.11 Å². The van der Waals surface area contributed by atoms with Crippen molar-refractivity contribution in [2.45, 2.75) is 6.92 Å². The molecule has 0 radical (unpaired) electrons. The summed E-state index contributed by atoms with van der Waals surface area (Å²) in [5, 5.41) is 3.93. The van der Waals surface area contributed by atoms with Gasteiger partial charge in [-0.25, -0.2) is 15.2 Å². The summed E-state index contributed by atoms with van der Waals surface area (Å²) in [4.78, 5) is 15.4. The Morgan fingerprint density at radius 3 is 2.83 bits per heavy atom. The van der Waals surface area contributed by atoms with Gasteiger partial charge < -0.3 is 9.30 Å². The molecule has 0 aliphatic rings. The zero-order valence-electron chi connectivity index (χ0n) is 10.5. The molecule has 0 fully saturated rings. The zero-order valence-corrected chi connectivity index (χ0v) is 10.5. The highest BCUT2D eigenvalue weighted by Crippen LogP contribution is 2.14. The topological polar surface area (TPSA) is 68.5 Å². The van der Waals surface area contributed by atoms with Gasteiger partial charge in [0, 0.05) is 7.05 Å². The first kappa shape index (κ1) is 12.1. The summed E-state index contributed by atoms with van der Waals surface area (Å²) in [5.41, 5.74) is 4.79. The average molecular weight is 246 g/mol. The molecule has 1 N–H and O–H groups in total. The standard InChI is InChI=1S/C12H14N4O2/c1-8(14-15-12(17)18-3)11-13-9-6-4-5-7-10(9)16(11)2/h4-7H,1-3H3,(H,15,17). The minimum absolute atomic E-state index is 0.604. The molecule has 0 saturated heterocycles. The van der Waals surface area contributed by atoms with Gasteiger partial charge in [-0.2, -0.15) is 5.10 Å². The van der Waals surface area contributed by atoms with Crippen LogP contribution in [0.2, 0.25) is 0 Å². The summed E-state index contributed by atoms with van der Waals surface area (Å²) >= 11 is 0. The van der Waals surface area contributed by atoms with Crippen molar-refractivity contribution >= 4 is 22.8 Å². The minimum Gasteiger partial charge on any atom is -0.452 e. The molecule has 2 aromatic rings. The number of nitrogens with one attached hydrogen (secondary N) is 1. The van der Waals surface area contributed by atoms with E-state index in [0.717, 1.165) is 11.0 Å². The molecule has 2 rings (SSSR count). The normalized spacial score (nSPS) is 11.6. The van der Waals surface area contributed by atoms with Crippen LogP contribution in [-0.4, -0.2) is 28.5 Å². The number of ether oxygens (including phenoxy) is 1. The third kappa shape index (κ3) is 2.17. The maximum absolute atomic E-state index is 10.9. The summed E-state index contributed by atoms with van der Waals surface area (Å²) in [6, 6.07) is 7.79. The predicted octanol–water partition coefficient (Wildman–Crippen LogP) is 1.65. The highest BCUT2D eigenvalue weighted by molar-refractivity contribution is 5.98. The van der Waals surface area contributed by atoms with Crippen LogP contribution in [0.25, 0.3) is 11.0 Å². The van der Waals surface area contributed by atoms with E-state index in [9.17, 15) is 4.79 Å². The monoisotopic (exact) mass is 246 g/mol. The Morgan fingerprint density at radius 1 is 1.44 bits per heavy atom. The molecule has 1 aromatic carbocycles. The lowest BCUT2D eigenvalue weighted by molar-refractivity contribution is 0.171. The summed E-state index contributed by atoms with van der Waals surface area (Å²) in [7, 11) is 3.19. The van der Waals surface area contributed by atoms with Crippen molar-refractivity contribution in [2.24, 2.45) is 12.1 Å². The molecule has 6 heteroatoms. The minimum atomic E-state index is -0.604. The summed E-state index contributed by atoms with van der Waals surface area (Å²) in [6.45, 7) is 1.77. The number of rotatable bonds is 2. The number of methoxy groups -OCH3 is 1. The van der Waals surface area contributed by atoms with Gasteiger partial charge in [-0.1, -0.05) is 12.1 Å². The molecule has 0 bridgehead atoms. The molecule has 0 spiro atoms. The maximum atomic E-state index is 10.9. The van der Waals surface area contributed by atoms with Crippen molar-refractivity contribution in [3.63, 3.8) is 0 Å². The number of amides is 1. The molecule has 1 aromatic heterocycles. The number of carbonyl (C=O) groups is 1. The van der Waals surface area contributed by atoms with Crippen LogP contribution >= 0.6 is 0 Å². The number of hydrazone groups is 1. The number of imidazole rings is 1. The van der Waals surface area contributed by atoms with Crippen molar-refractivity contribution in [3.05, 3.63) is 30.1 Å².